The SMILES string of the molecule is N=C(Nc1ccccc1F)N1CCN(C(=O)[C@](O)(c2ccccc2)C2CCCC2)CC1. The maximum Gasteiger partial charge on any atom is 0.259 e. The number of hydrogen-bond acceptors (Lipinski definition) is 3. The third-order valence-corrected chi connectivity index (χ3v) is 6.50. The largest absolute Gasteiger partial charge is 0.375 e. The molecular weight excluding hydrogens is 395 g/mol. The van der Waals surface area contributed by atoms with Gasteiger partial charge in [0.25, 0.3) is 5.91 Å². The van der Waals surface area contributed by atoms with Gasteiger partial charge in [-0.2, -0.15) is 0 Å². The number of piperazine rings is 1. The van der Waals surface area contributed by atoms with Crippen LogP contribution < -0.4 is 5.32 Å². The molecule has 1 amide bonds. The second kappa shape index (κ2) is 9.06. The predicted molar refractivity (Wildman–Crippen MR) is 118 cm³/mol. The highest BCUT2D eigenvalue weighted by Gasteiger charge is 2.48. The van der Waals surface area contributed by atoms with Crippen molar-refractivity contribution in [1.29, 1.82) is 5.41 Å². The van der Waals surface area contributed by atoms with Gasteiger partial charge in [0.05, 0.1) is 5.69 Å². The molecule has 3 N–H and O–H groups in total. The normalized spacial score (nSPS) is 19.2. The first-order chi connectivity index (χ1) is 15.0. The van der Waals surface area contributed by atoms with Crippen molar-refractivity contribution in [2.45, 2.75) is 31.3 Å². The van der Waals surface area contributed by atoms with Crippen molar-refractivity contribution in [3.05, 3.63) is 66.0 Å². The molecule has 6 nitrogen and oxygen atoms in total. The third kappa shape index (κ3) is 4.28. The summed E-state index contributed by atoms with van der Waals surface area (Å²) >= 11 is 0. The molecule has 0 unspecified atom stereocenters. The first-order valence-electron chi connectivity index (χ1n) is 10.9. The van der Waals surface area contributed by atoms with Crippen LogP contribution in [0.25, 0.3) is 0 Å². The number of carbonyl (C=O) groups is 1. The van der Waals surface area contributed by atoms with Crippen LogP contribution in [0.5, 0.6) is 0 Å². The van der Waals surface area contributed by atoms with Crippen LogP contribution in [0.1, 0.15) is 31.2 Å². The van der Waals surface area contributed by atoms with E-state index in [1.807, 2.05) is 30.3 Å². The molecule has 1 saturated heterocycles. The zero-order valence-electron chi connectivity index (χ0n) is 17.6. The zero-order chi connectivity index (χ0) is 21.8. The maximum absolute atomic E-state index is 13.9. The Kier molecular flexibility index (Phi) is 6.23. The summed E-state index contributed by atoms with van der Waals surface area (Å²) < 4.78 is 13.9. The van der Waals surface area contributed by atoms with Crippen LogP contribution in [0.2, 0.25) is 0 Å². The summed E-state index contributed by atoms with van der Waals surface area (Å²) in [6.45, 7) is 1.70. The van der Waals surface area contributed by atoms with Gasteiger partial charge in [0, 0.05) is 32.1 Å². The second-order valence-electron chi connectivity index (χ2n) is 8.35. The van der Waals surface area contributed by atoms with Crippen LogP contribution in [-0.4, -0.2) is 53.0 Å². The van der Waals surface area contributed by atoms with E-state index in [4.69, 9.17) is 5.41 Å². The van der Waals surface area contributed by atoms with Crippen molar-refractivity contribution < 1.29 is 14.3 Å². The molecule has 2 aromatic rings. The molecule has 164 valence electrons. The molecule has 7 heteroatoms. The van der Waals surface area contributed by atoms with E-state index in [2.05, 4.69) is 5.32 Å². The average Bonchev–Trinajstić information content (AvgIpc) is 3.36. The second-order valence-corrected chi connectivity index (χ2v) is 8.35. The van der Waals surface area contributed by atoms with Crippen LogP contribution in [0.4, 0.5) is 10.1 Å². The lowest BCUT2D eigenvalue weighted by atomic mass is 9.79. The Hall–Kier alpha value is -2.93. The van der Waals surface area contributed by atoms with Gasteiger partial charge in [0.15, 0.2) is 11.6 Å². The predicted octanol–water partition coefficient (Wildman–Crippen LogP) is 3.39. The topological polar surface area (TPSA) is 79.7 Å². The molecule has 0 radical (unpaired) electrons. The van der Waals surface area contributed by atoms with Crippen LogP contribution in [-0.2, 0) is 10.4 Å². The Morgan fingerprint density at radius 1 is 0.968 bits per heavy atom. The van der Waals surface area contributed by atoms with Crippen molar-refractivity contribution in [3.63, 3.8) is 0 Å². The van der Waals surface area contributed by atoms with Gasteiger partial charge in [-0.05, 0) is 30.5 Å². The number of benzene rings is 2. The highest BCUT2D eigenvalue weighted by molar-refractivity contribution is 5.92. The Labute approximate surface area is 182 Å². The number of carbonyl (C=O) groups excluding carboxylic acids is 1. The number of nitrogens with zero attached hydrogens (tertiary/aromatic N) is 2. The fourth-order valence-electron chi connectivity index (χ4n) is 4.71. The van der Waals surface area contributed by atoms with Crippen LogP contribution in [0.3, 0.4) is 0 Å². The van der Waals surface area contributed by atoms with Gasteiger partial charge in [-0.1, -0.05) is 55.3 Å². The van der Waals surface area contributed by atoms with E-state index < -0.39 is 11.4 Å². The minimum Gasteiger partial charge on any atom is -0.375 e. The lowest BCUT2D eigenvalue weighted by Crippen LogP contribution is -2.58. The maximum atomic E-state index is 13.9. The number of amides is 1. The van der Waals surface area contributed by atoms with E-state index in [0.29, 0.717) is 31.7 Å². The summed E-state index contributed by atoms with van der Waals surface area (Å²) in [5.74, 6) is -0.642. The van der Waals surface area contributed by atoms with Crippen molar-refractivity contribution in [2.24, 2.45) is 5.92 Å². The lowest BCUT2D eigenvalue weighted by Gasteiger charge is -2.42. The van der Waals surface area contributed by atoms with Crippen LogP contribution in [0.15, 0.2) is 54.6 Å². The third-order valence-electron chi connectivity index (χ3n) is 6.50. The van der Waals surface area contributed by atoms with E-state index in [-0.39, 0.29) is 23.5 Å². The van der Waals surface area contributed by atoms with Crippen LogP contribution >= 0.6 is 0 Å². The number of guanidine groups is 1. The molecule has 2 fully saturated rings. The summed E-state index contributed by atoms with van der Waals surface area (Å²) in [7, 11) is 0. The zero-order valence-corrected chi connectivity index (χ0v) is 17.6. The van der Waals surface area contributed by atoms with Crippen molar-refractivity contribution >= 4 is 17.6 Å². The molecule has 0 bridgehead atoms. The lowest BCUT2D eigenvalue weighted by molar-refractivity contribution is -0.160. The van der Waals surface area contributed by atoms with Gasteiger partial charge in [-0.25, -0.2) is 4.39 Å². The number of nitrogens with one attached hydrogen (secondary N) is 2. The smallest absolute Gasteiger partial charge is 0.259 e. The molecular formula is C24H29FN4O2. The average molecular weight is 425 g/mol. The standard InChI is InChI=1S/C24H29FN4O2/c25-20-12-6-7-13-21(20)27-23(26)29-16-14-28(15-17-29)22(30)24(31,19-10-4-5-11-19)18-8-2-1-3-9-18/h1-3,6-9,12-13,19,31H,4-5,10-11,14-17H2,(H2,26,27)/t24-/m0/s1. The van der Waals surface area contributed by atoms with Crippen LogP contribution in [0, 0.1) is 17.1 Å². The molecule has 0 spiro atoms. The number of halogens is 1. The van der Waals surface area contributed by atoms with Gasteiger partial charge in [-0.3, -0.25) is 10.2 Å². The summed E-state index contributed by atoms with van der Waals surface area (Å²) in [4.78, 5) is 17.0. The molecule has 1 aliphatic heterocycles. The number of para-hydroxylation sites is 1. The molecule has 1 saturated carbocycles. The fourth-order valence-corrected chi connectivity index (χ4v) is 4.71. The summed E-state index contributed by atoms with van der Waals surface area (Å²) in [5.41, 5.74) is -0.604. The van der Waals surface area contributed by atoms with Gasteiger partial charge < -0.3 is 20.2 Å². The summed E-state index contributed by atoms with van der Waals surface area (Å²) in [6.07, 6.45) is 3.74. The van der Waals surface area contributed by atoms with Crippen molar-refractivity contribution in [1.82, 2.24) is 9.80 Å². The molecule has 2 aliphatic rings. The summed E-state index contributed by atoms with van der Waals surface area (Å²) in [6, 6.07) is 15.5. The van der Waals surface area contributed by atoms with E-state index in [9.17, 15) is 14.3 Å². The van der Waals surface area contributed by atoms with Gasteiger partial charge in [0.2, 0.25) is 0 Å². The fraction of sp³-hybridized carbons (Fsp3) is 0.417. The molecule has 1 heterocycles. The van der Waals surface area contributed by atoms with Gasteiger partial charge in [0.1, 0.15) is 5.82 Å². The summed E-state index contributed by atoms with van der Waals surface area (Å²) in [5, 5.41) is 22.8. The van der Waals surface area contributed by atoms with Crippen molar-refractivity contribution in [2.75, 3.05) is 31.5 Å². The molecule has 31 heavy (non-hydrogen) atoms. The van der Waals surface area contributed by atoms with E-state index in [0.717, 1.165) is 25.7 Å². The Morgan fingerprint density at radius 2 is 1.55 bits per heavy atom. The highest BCUT2D eigenvalue weighted by Crippen LogP contribution is 2.42. The van der Waals surface area contributed by atoms with E-state index in [1.165, 1.54) is 6.07 Å². The molecule has 1 aliphatic carbocycles. The quantitative estimate of drug-likeness (QED) is 0.519. The van der Waals surface area contributed by atoms with E-state index >= 15 is 0 Å². The molecule has 0 aromatic heterocycles. The highest BCUT2D eigenvalue weighted by atomic mass is 19.1. The molecule has 2 aromatic carbocycles. The van der Waals surface area contributed by atoms with Gasteiger partial charge in [-0.15, -0.1) is 0 Å². The number of rotatable bonds is 4. The van der Waals surface area contributed by atoms with Crippen molar-refractivity contribution in [3.8, 4) is 0 Å². The minimum absolute atomic E-state index is 0.0820. The number of hydrogen-bond donors (Lipinski definition) is 3. The molecule has 4 rings (SSSR count). The molecule has 1 atom stereocenters. The van der Waals surface area contributed by atoms with Gasteiger partial charge >= 0.3 is 0 Å². The number of anilines is 1. The Morgan fingerprint density at radius 3 is 2.19 bits per heavy atom. The first kappa shape index (κ1) is 21.3. The number of aliphatic hydroxyl groups is 1. The Bertz CT molecular complexity index is 924. The van der Waals surface area contributed by atoms with E-state index in [1.54, 1.807) is 28.0 Å². The monoisotopic (exact) mass is 424 g/mol. The Balaban J connectivity index is 1.44. The minimum atomic E-state index is -1.52. The first-order valence-corrected chi connectivity index (χ1v) is 10.9.